The normalized spacial score (nSPS) is 12.0. The van der Waals surface area contributed by atoms with Crippen LogP contribution in [0.3, 0.4) is 0 Å². The molecule has 0 saturated carbocycles. The van der Waals surface area contributed by atoms with Crippen LogP contribution in [0.5, 0.6) is 11.5 Å². The average Bonchev–Trinajstić information content (AvgIpc) is 2.49. The van der Waals surface area contributed by atoms with Crippen LogP contribution in [0.15, 0.2) is 40.9 Å². The Balaban J connectivity index is 2.41. The first-order chi connectivity index (χ1) is 10.1. The smallest absolute Gasteiger partial charge is 0.165 e. The lowest BCUT2D eigenvalue weighted by Crippen LogP contribution is -2.17. The molecule has 0 fully saturated rings. The van der Waals surface area contributed by atoms with Crippen molar-refractivity contribution in [2.75, 3.05) is 21.3 Å². The van der Waals surface area contributed by atoms with Gasteiger partial charge in [-0.15, -0.1) is 0 Å². The Morgan fingerprint density at radius 1 is 1.00 bits per heavy atom. The molecule has 0 amide bonds. The number of benzene rings is 2. The average molecular weight is 354 g/mol. The highest BCUT2D eigenvalue weighted by Crippen LogP contribution is 2.32. The fraction of sp³-hybridized carbons (Fsp3) is 0.250. The first kappa shape index (κ1) is 15.8. The van der Waals surface area contributed by atoms with E-state index in [9.17, 15) is 4.39 Å². The highest BCUT2D eigenvalue weighted by atomic mass is 79.9. The Labute approximate surface area is 132 Å². The molecule has 0 aliphatic rings. The van der Waals surface area contributed by atoms with Crippen molar-refractivity contribution in [2.24, 2.45) is 0 Å². The van der Waals surface area contributed by atoms with E-state index in [1.54, 1.807) is 19.2 Å². The Bertz CT molecular complexity index is 634. The van der Waals surface area contributed by atoms with E-state index in [4.69, 9.17) is 9.47 Å². The molecule has 21 heavy (non-hydrogen) atoms. The maximum absolute atomic E-state index is 13.5. The molecule has 5 heteroatoms. The minimum atomic E-state index is -0.369. The van der Waals surface area contributed by atoms with E-state index in [1.165, 1.54) is 13.2 Å². The first-order valence-electron chi connectivity index (χ1n) is 6.44. The van der Waals surface area contributed by atoms with Crippen LogP contribution in [-0.4, -0.2) is 21.3 Å². The summed E-state index contributed by atoms with van der Waals surface area (Å²) in [5.74, 6) is 0.637. The maximum atomic E-state index is 13.5. The van der Waals surface area contributed by atoms with Crippen molar-refractivity contribution in [1.82, 2.24) is 5.32 Å². The zero-order valence-corrected chi connectivity index (χ0v) is 13.7. The second-order valence-corrected chi connectivity index (χ2v) is 5.36. The Kier molecular flexibility index (Phi) is 5.20. The number of hydrogen-bond acceptors (Lipinski definition) is 3. The number of methoxy groups -OCH3 is 2. The third kappa shape index (κ3) is 3.36. The summed E-state index contributed by atoms with van der Waals surface area (Å²) in [6, 6.07) is 10.6. The molecule has 2 aromatic carbocycles. The summed E-state index contributed by atoms with van der Waals surface area (Å²) in [6.45, 7) is 0. The molecular formula is C16H17BrFNO2. The summed E-state index contributed by atoms with van der Waals surface area (Å²) < 4.78 is 24.7. The van der Waals surface area contributed by atoms with Gasteiger partial charge in [0, 0.05) is 0 Å². The largest absolute Gasteiger partial charge is 0.496 e. The van der Waals surface area contributed by atoms with Gasteiger partial charge in [0.25, 0.3) is 0 Å². The van der Waals surface area contributed by atoms with E-state index in [1.807, 2.05) is 25.2 Å². The first-order valence-corrected chi connectivity index (χ1v) is 7.24. The number of nitrogens with one attached hydrogen (secondary N) is 1. The van der Waals surface area contributed by atoms with E-state index < -0.39 is 0 Å². The number of halogens is 2. The van der Waals surface area contributed by atoms with Crippen molar-refractivity contribution in [2.45, 2.75) is 6.04 Å². The van der Waals surface area contributed by atoms with Crippen molar-refractivity contribution in [3.8, 4) is 11.5 Å². The molecule has 0 saturated heterocycles. The van der Waals surface area contributed by atoms with Crippen molar-refractivity contribution in [3.63, 3.8) is 0 Å². The second kappa shape index (κ2) is 6.91. The zero-order chi connectivity index (χ0) is 15.4. The summed E-state index contributed by atoms with van der Waals surface area (Å²) in [7, 11) is 4.94. The fourth-order valence-corrected chi connectivity index (χ4v) is 2.80. The SMILES string of the molecule is CNC(c1ccc(OC)c(Br)c1)c1ccc(F)c(OC)c1. The maximum Gasteiger partial charge on any atom is 0.165 e. The summed E-state index contributed by atoms with van der Waals surface area (Å²) in [5.41, 5.74) is 1.96. The fourth-order valence-electron chi connectivity index (χ4n) is 2.24. The van der Waals surface area contributed by atoms with Crippen molar-refractivity contribution < 1.29 is 13.9 Å². The Morgan fingerprint density at radius 2 is 1.62 bits per heavy atom. The number of hydrogen-bond donors (Lipinski definition) is 1. The van der Waals surface area contributed by atoms with Crippen LogP contribution in [0, 0.1) is 5.82 Å². The molecule has 0 aliphatic heterocycles. The molecule has 1 unspecified atom stereocenters. The van der Waals surface area contributed by atoms with Crippen LogP contribution in [-0.2, 0) is 0 Å². The molecule has 0 aliphatic carbocycles. The molecule has 0 radical (unpaired) electrons. The van der Waals surface area contributed by atoms with Gasteiger partial charge in [-0.05, 0) is 58.4 Å². The summed E-state index contributed by atoms with van der Waals surface area (Å²) in [6.07, 6.45) is 0. The quantitative estimate of drug-likeness (QED) is 0.883. The van der Waals surface area contributed by atoms with Gasteiger partial charge in [0.2, 0.25) is 0 Å². The Hall–Kier alpha value is -1.59. The van der Waals surface area contributed by atoms with E-state index >= 15 is 0 Å². The van der Waals surface area contributed by atoms with Gasteiger partial charge in [0.05, 0.1) is 24.7 Å². The van der Waals surface area contributed by atoms with Gasteiger partial charge < -0.3 is 14.8 Å². The molecule has 0 bridgehead atoms. The molecule has 2 rings (SSSR count). The molecule has 0 heterocycles. The lowest BCUT2D eigenvalue weighted by Gasteiger charge is -2.19. The molecule has 1 atom stereocenters. The van der Waals surface area contributed by atoms with Crippen LogP contribution in [0.25, 0.3) is 0 Å². The molecule has 0 aromatic heterocycles. The second-order valence-electron chi connectivity index (χ2n) is 4.51. The monoisotopic (exact) mass is 353 g/mol. The predicted molar refractivity (Wildman–Crippen MR) is 84.5 cm³/mol. The van der Waals surface area contributed by atoms with Crippen LogP contribution < -0.4 is 14.8 Å². The minimum Gasteiger partial charge on any atom is -0.496 e. The Morgan fingerprint density at radius 3 is 2.19 bits per heavy atom. The van der Waals surface area contributed by atoms with Gasteiger partial charge in [0.1, 0.15) is 5.75 Å². The van der Waals surface area contributed by atoms with E-state index in [0.717, 1.165) is 21.3 Å². The van der Waals surface area contributed by atoms with Crippen molar-refractivity contribution >= 4 is 15.9 Å². The van der Waals surface area contributed by atoms with Gasteiger partial charge >= 0.3 is 0 Å². The summed E-state index contributed by atoms with van der Waals surface area (Å²) >= 11 is 3.48. The lowest BCUT2D eigenvalue weighted by atomic mass is 9.98. The van der Waals surface area contributed by atoms with Crippen LogP contribution in [0.4, 0.5) is 4.39 Å². The van der Waals surface area contributed by atoms with E-state index in [0.29, 0.717) is 0 Å². The molecule has 112 valence electrons. The third-order valence-corrected chi connectivity index (χ3v) is 3.93. The molecule has 2 aromatic rings. The predicted octanol–water partition coefficient (Wildman–Crippen LogP) is 3.91. The van der Waals surface area contributed by atoms with Crippen molar-refractivity contribution in [3.05, 3.63) is 57.8 Å². The standard InChI is InChI=1S/C16H17BrFNO2/c1-19-16(10-5-7-14(20-2)12(17)8-10)11-4-6-13(18)15(9-11)21-3/h4-9,16,19H,1-3H3. The van der Waals surface area contributed by atoms with Gasteiger partial charge in [-0.3, -0.25) is 0 Å². The number of ether oxygens (including phenoxy) is 2. The molecular weight excluding hydrogens is 337 g/mol. The van der Waals surface area contributed by atoms with E-state index in [2.05, 4.69) is 21.2 Å². The zero-order valence-electron chi connectivity index (χ0n) is 12.1. The van der Waals surface area contributed by atoms with Crippen molar-refractivity contribution in [1.29, 1.82) is 0 Å². The highest BCUT2D eigenvalue weighted by Gasteiger charge is 2.16. The lowest BCUT2D eigenvalue weighted by molar-refractivity contribution is 0.385. The van der Waals surface area contributed by atoms with Gasteiger partial charge in [-0.25, -0.2) is 4.39 Å². The minimum absolute atomic E-state index is 0.0679. The van der Waals surface area contributed by atoms with Crippen LogP contribution in [0.2, 0.25) is 0 Å². The topological polar surface area (TPSA) is 30.5 Å². The van der Waals surface area contributed by atoms with E-state index in [-0.39, 0.29) is 17.6 Å². The van der Waals surface area contributed by atoms with Gasteiger partial charge in [-0.1, -0.05) is 12.1 Å². The third-order valence-electron chi connectivity index (χ3n) is 3.31. The number of rotatable bonds is 5. The van der Waals surface area contributed by atoms with Crippen LogP contribution >= 0.6 is 15.9 Å². The molecule has 1 N–H and O–H groups in total. The molecule has 3 nitrogen and oxygen atoms in total. The summed E-state index contributed by atoms with van der Waals surface area (Å²) in [4.78, 5) is 0. The van der Waals surface area contributed by atoms with Crippen LogP contribution in [0.1, 0.15) is 17.2 Å². The van der Waals surface area contributed by atoms with Gasteiger partial charge in [0.15, 0.2) is 11.6 Å². The molecule has 0 spiro atoms. The van der Waals surface area contributed by atoms with Gasteiger partial charge in [-0.2, -0.15) is 0 Å². The highest BCUT2D eigenvalue weighted by molar-refractivity contribution is 9.10. The summed E-state index contributed by atoms with van der Waals surface area (Å²) in [5, 5.41) is 3.23.